The fourth-order valence-electron chi connectivity index (χ4n) is 6.08. The van der Waals surface area contributed by atoms with Crippen molar-refractivity contribution in [3.05, 3.63) is 133 Å². The van der Waals surface area contributed by atoms with Crippen molar-refractivity contribution in [1.29, 1.82) is 0 Å². The van der Waals surface area contributed by atoms with Crippen molar-refractivity contribution in [1.82, 2.24) is 19.5 Å². The van der Waals surface area contributed by atoms with E-state index < -0.39 is 0 Å². The van der Waals surface area contributed by atoms with Crippen LogP contribution in [-0.4, -0.2) is 19.5 Å². The standard InChI is InChI=1S/C37H22N4S/c1-2-11-24(12-3-1)35-38-36(26-19-18-23-10-4-5-13-25(23)22-26)40-37(39-35)41-31-16-8-6-14-27(31)29-20-21-30-28-15-7-9-17-32(28)42-34(30)33(29)41/h1-22H. The predicted octanol–water partition coefficient (Wildman–Crippen LogP) is 9.82. The number of fused-ring (bicyclic) bond motifs is 8. The Labute approximate surface area is 245 Å². The molecule has 5 heteroatoms. The number of hydrogen-bond donors (Lipinski definition) is 0. The average molecular weight is 555 g/mol. The number of hydrogen-bond acceptors (Lipinski definition) is 4. The molecule has 0 atom stereocenters. The fraction of sp³-hybridized carbons (Fsp3) is 0. The first-order valence-electron chi connectivity index (χ1n) is 14.0. The molecule has 4 nitrogen and oxygen atoms in total. The van der Waals surface area contributed by atoms with Gasteiger partial charge in [-0.05, 0) is 29.0 Å². The van der Waals surface area contributed by atoms with E-state index in [0.29, 0.717) is 17.6 Å². The largest absolute Gasteiger partial charge is 0.276 e. The van der Waals surface area contributed by atoms with Gasteiger partial charge < -0.3 is 0 Å². The zero-order chi connectivity index (χ0) is 27.6. The lowest BCUT2D eigenvalue weighted by molar-refractivity contribution is 0.955. The summed E-state index contributed by atoms with van der Waals surface area (Å²) < 4.78 is 4.74. The molecule has 0 radical (unpaired) electrons. The summed E-state index contributed by atoms with van der Waals surface area (Å²) in [6.45, 7) is 0. The van der Waals surface area contributed by atoms with E-state index in [-0.39, 0.29) is 0 Å². The third kappa shape index (κ3) is 3.51. The maximum absolute atomic E-state index is 5.18. The molecule has 0 saturated carbocycles. The van der Waals surface area contributed by atoms with Crippen LogP contribution in [0.3, 0.4) is 0 Å². The Kier molecular flexibility index (Phi) is 5.03. The van der Waals surface area contributed by atoms with Gasteiger partial charge in [-0.15, -0.1) is 11.3 Å². The fourth-order valence-corrected chi connectivity index (χ4v) is 7.32. The molecule has 0 saturated heterocycles. The van der Waals surface area contributed by atoms with E-state index in [1.165, 1.54) is 36.3 Å². The number of thiophene rings is 1. The lowest BCUT2D eigenvalue weighted by Crippen LogP contribution is -2.06. The van der Waals surface area contributed by atoms with Gasteiger partial charge in [-0.2, -0.15) is 9.97 Å². The zero-order valence-corrected chi connectivity index (χ0v) is 23.2. The molecule has 42 heavy (non-hydrogen) atoms. The highest BCUT2D eigenvalue weighted by atomic mass is 32.1. The number of benzene rings is 6. The van der Waals surface area contributed by atoms with Crippen LogP contribution in [0, 0.1) is 0 Å². The predicted molar refractivity (Wildman–Crippen MR) is 175 cm³/mol. The van der Waals surface area contributed by atoms with Gasteiger partial charge in [0.05, 0.1) is 15.7 Å². The zero-order valence-electron chi connectivity index (χ0n) is 22.4. The third-order valence-electron chi connectivity index (χ3n) is 8.04. The second kappa shape index (κ2) is 9.06. The minimum absolute atomic E-state index is 0.614. The molecule has 0 spiro atoms. The van der Waals surface area contributed by atoms with Gasteiger partial charge in [0.15, 0.2) is 11.6 Å². The van der Waals surface area contributed by atoms with Crippen LogP contribution in [-0.2, 0) is 0 Å². The van der Waals surface area contributed by atoms with Crippen LogP contribution < -0.4 is 0 Å². The normalized spacial score (nSPS) is 11.8. The molecular formula is C37H22N4S. The Morgan fingerprint density at radius 3 is 2.05 bits per heavy atom. The molecule has 3 aromatic heterocycles. The summed E-state index contributed by atoms with van der Waals surface area (Å²) >= 11 is 1.83. The molecule has 196 valence electrons. The molecule has 0 aliphatic rings. The maximum Gasteiger partial charge on any atom is 0.238 e. The topological polar surface area (TPSA) is 43.6 Å². The van der Waals surface area contributed by atoms with Gasteiger partial charge in [-0.25, -0.2) is 4.98 Å². The molecule has 9 aromatic rings. The molecule has 0 fully saturated rings. The van der Waals surface area contributed by atoms with Crippen molar-refractivity contribution in [2.24, 2.45) is 0 Å². The molecule has 9 rings (SSSR count). The van der Waals surface area contributed by atoms with Gasteiger partial charge in [0.25, 0.3) is 0 Å². The monoisotopic (exact) mass is 554 g/mol. The summed E-state index contributed by atoms with van der Waals surface area (Å²) in [4.78, 5) is 15.3. The number of rotatable bonds is 3. The SMILES string of the molecule is c1ccc(-c2nc(-c3ccc4ccccc4c3)nc(-n3c4ccccc4c4ccc5c6ccccc6sc5c43)n2)cc1. The van der Waals surface area contributed by atoms with Crippen molar-refractivity contribution in [3.63, 3.8) is 0 Å². The second-order valence-corrected chi connectivity index (χ2v) is 11.6. The average Bonchev–Trinajstić information content (AvgIpc) is 3.61. The lowest BCUT2D eigenvalue weighted by Gasteiger charge is -2.11. The molecule has 0 aliphatic carbocycles. The number of aromatic nitrogens is 4. The summed E-state index contributed by atoms with van der Waals surface area (Å²) in [7, 11) is 0. The van der Waals surface area contributed by atoms with E-state index in [9.17, 15) is 0 Å². The van der Waals surface area contributed by atoms with Gasteiger partial charge in [-0.3, -0.25) is 4.57 Å². The molecule has 0 aliphatic heterocycles. The summed E-state index contributed by atoms with van der Waals surface area (Å²) in [5, 5.41) is 7.24. The molecule has 6 aromatic carbocycles. The first-order chi connectivity index (χ1) is 20.8. The van der Waals surface area contributed by atoms with Gasteiger partial charge in [0.1, 0.15) is 0 Å². The summed E-state index contributed by atoms with van der Waals surface area (Å²) in [6, 6.07) is 46.6. The van der Waals surface area contributed by atoms with Crippen LogP contribution in [0.1, 0.15) is 0 Å². The molecule has 0 unspecified atom stereocenters. The van der Waals surface area contributed by atoms with E-state index in [1.54, 1.807) is 0 Å². The van der Waals surface area contributed by atoms with E-state index in [4.69, 9.17) is 15.0 Å². The highest BCUT2D eigenvalue weighted by molar-refractivity contribution is 7.26. The smallest absolute Gasteiger partial charge is 0.238 e. The van der Waals surface area contributed by atoms with Crippen molar-refractivity contribution in [2.45, 2.75) is 0 Å². The van der Waals surface area contributed by atoms with Gasteiger partial charge in [0.2, 0.25) is 5.95 Å². The van der Waals surface area contributed by atoms with Crippen LogP contribution in [0.5, 0.6) is 0 Å². The Balaban J connectivity index is 1.40. The van der Waals surface area contributed by atoms with Crippen LogP contribution in [0.2, 0.25) is 0 Å². The van der Waals surface area contributed by atoms with Crippen molar-refractivity contribution in [2.75, 3.05) is 0 Å². The maximum atomic E-state index is 5.18. The second-order valence-electron chi connectivity index (χ2n) is 10.5. The van der Waals surface area contributed by atoms with Crippen molar-refractivity contribution < 1.29 is 0 Å². The molecule has 3 heterocycles. The Morgan fingerprint density at radius 2 is 1.17 bits per heavy atom. The quantitative estimate of drug-likeness (QED) is 0.218. The van der Waals surface area contributed by atoms with E-state index in [0.717, 1.165) is 27.5 Å². The first-order valence-corrected chi connectivity index (χ1v) is 14.8. The van der Waals surface area contributed by atoms with Crippen LogP contribution in [0.15, 0.2) is 133 Å². The van der Waals surface area contributed by atoms with Gasteiger partial charge in [0, 0.05) is 37.4 Å². The third-order valence-corrected chi connectivity index (χ3v) is 9.24. The van der Waals surface area contributed by atoms with Crippen LogP contribution in [0.4, 0.5) is 0 Å². The van der Waals surface area contributed by atoms with Crippen molar-refractivity contribution >= 4 is 64.1 Å². The number of para-hydroxylation sites is 1. The Morgan fingerprint density at radius 1 is 0.476 bits per heavy atom. The Bertz CT molecular complexity index is 2470. The lowest BCUT2D eigenvalue weighted by atomic mass is 10.1. The van der Waals surface area contributed by atoms with Gasteiger partial charge in [-0.1, -0.05) is 115 Å². The highest BCUT2D eigenvalue weighted by Gasteiger charge is 2.21. The summed E-state index contributed by atoms with van der Waals surface area (Å²) in [5.41, 5.74) is 4.12. The van der Waals surface area contributed by atoms with Crippen LogP contribution in [0.25, 0.3) is 81.5 Å². The summed E-state index contributed by atoms with van der Waals surface area (Å²) in [6.07, 6.45) is 0. The minimum atomic E-state index is 0.614. The summed E-state index contributed by atoms with van der Waals surface area (Å²) in [5.74, 6) is 1.92. The van der Waals surface area contributed by atoms with Crippen molar-refractivity contribution in [3.8, 4) is 28.7 Å². The molecule has 0 N–H and O–H groups in total. The van der Waals surface area contributed by atoms with Crippen LogP contribution >= 0.6 is 11.3 Å². The minimum Gasteiger partial charge on any atom is -0.276 e. The van der Waals surface area contributed by atoms with E-state index >= 15 is 0 Å². The Hall–Kier alpha value is -5.39. The molecule has 0 bridgehead atoms. The van der Waals surface area contributed by atoms with Gasteiger partial charge >= 0.3 is 0 Å². The molecular weight excluding hydrogens is 533 g/mol. The number of nitrogens with zero attached hydrogens (tertiary/aromatic N) is 4. The highest BCUT2D eigenvalue weighted by Crippen LogP contribution is 2.42. The van der Waals surface area contributed by atoms with E-state index in [2.05, 4.69) is 120 Å². The first kappa shape index (κ1) is 23.3. The molecule has 0 amide bonds. The van der Waals surface area contributed by atoms with E-state index in [1.807, 2.05) is 29.5 Å².